The number of halogens is 1. The Morgan fingerprint density at radius 1 is 1.00 bits per heavy atom. The van der Waals surface area contributed by atoms with E-state index in [4.69, 9.17) is 25.8 Å². The number of nitrogens with zero attached hydrogens (tertiary/aromatic N) is 1. The summed E-state index contributed by atoms with van der Waals surface area (Å²) in [5.41, 5.74) is 1.98. The zero-order chi connectivity index (χ0) is 21.0. The van der Waals surface area contributed by atoms with Gasteiger partial charge in [0.15, 0.2) is 11.5 Å². The molecule has 6 nitrogen and oxygen atoms in total. The first-order chi connectivity index (χ1) is 14.0. The molecule has 0 aromatic heterocycles. The first-order valence-electron chi connectivity index (χ1n) is 9.50. The number of benzene rings is 2. The van der Waals surface area contributed by atoms with Crippen LogP contribution < -0.4 is 14.2 Å². The second-order valence-corrected chi connectivity index (χ2v) is 7.49. The third-order valence-electron chi connectivity index (χ3n) is 5.46. The highest BCUT2D eigenvalue weighted by molar-refractivity contribution is 6.30. The smallest absolute Gasteiger partial charge is 0.306 e. The molecule has 1 fully saturated rings. The van der Waals surface area contributed by atoms with E-state index in [2.05, 4.69) is 4.90 Å². The van der Waals surface area contributed by atoms with Crippen LogP contribution in [0.15, 0.2) is 36.4 Å². The van der Waals surface area contributed by atoms with Crippen molar-refractivity contribution in [2.45, 2.75) is 18.9 Å². The summed E-state index contributed by atoms with van der Waals surface area (Å²) in [5.74, 6) is 0.860. The van der Waals surface area contributed by atoms with Crippen LogP contribution in [0.2, 0.25) is 5.02 Å². The quantitative estimate of drug-likeness (QED) is 0.723. The third-order valence-corrected chi connectivity index (χ3v) is 5.71. The van der Waals surface area contributed by atoms with Gasteiger partial charge in [0.1, 0.15) is 5.75 Å². The first-order valence-corrected chi connectivity index (χ1v) is 9.88. The zero-order valence-electron chi connectivity index (χ0n) is 16.9. The standard InChI is InChI=1S/C22H26ClNO5/c1-27-18-13-20(29-3)19(28-2)12-17(18)21(14-4-6-16(23)7-5-14)24-10-8-15(9-11-24)22(25)26/h4-7,12-13,15,21H,8-11H2,1-3H3,(H,25,26). The van der Waals surface area contributed by atoms with Crippen molar-refractivity contribution in [3.05, 3.63) is 52.5 Å². The minimum atomic E-state index is -0.726. The molecule has 2 aromatic rings. The van der Waals surface area contributed by atoms with Crippen LogP contribution in [0.4, 0.5) is 0 Å². The molecule has 0 aliphatic carbocycles. The molecule has 0 amide bonds. The molecule has 0 spiro atoms. The average Bonchev–Trinajstić information content (AvgIpc) is 2.75. The van der Waals surface area contributed by atoms with E-state index in [-0.39, 0.29) is 12.0 Å². The Morgan fingerprint density at radius 2 is 1.55 bits per heavy atom. The second kappa shape index (κ2) is 9.37. The number of piperidine rings is 1. The number of hydrogen-bond acceptors (Lipinski definition) is 5. The molecule has 3 rings (SSSR count). The Morgan fingerprint density at radius 3 is 2.07 bits per heavy atom. The number of aliphatic carboxylic acids is 1. The number of rotatable bonds is 7. The summed E-state index contributed by atoms with van der Waals surface area (Å²) in [7, 11) is 4.81. The predicted octanol–water partition coefficient (Wildman–Crippen LogP) is 4.25. The lowest BCUT2D eigenvalue weighted by molar-refractivity contribution is -0.143. The van der Waals surface area contributed by atoms with Gasteiger partial charge in [-0.15, -0.1) is 0 Å². The number of hydrogen-bond donors (Lipinski definition) is 1. The number of carboxylic acid groups (broad SMARTS) is 1. The molecular formula is C22H26ClNO5. The molecule has 1 atom stereocenters. The molecule has 1 saturated heterocycles. The van der Waals surface area contributed by atoms with E-state index in [0.717, 1.165) is 11.1 Å². The number of ether oxygens (including phenoxy) is 3. The molecule has 1 aliphatic rings. The van der Waals surface area contributed by atoms with Gasteiger partial charge in [0.05, 0.1) is 33.3 Å². The summed E-state index contributed by atoms with van der Waals surface area (Å²) in [5, 5.41) is 10.0. The molecule has 29 heavy (non-hydrogen) atoms. The van der Waals surface area contributed by atoms with Gasteiger partial charge in [0, 0.05) is 16.7 Å². The Balaban J connectivity index is 2.06. The molecule has 0 radical (unpaired) electrons. The van der Waals surface area contributed by atoms with Crippen LogP contribution in [0.1, 0.15) is 30.0 Å². The van der Waals surface area contributed by atoms with Gasteiger partial charge in [-0.25, -0.2) is 0 Å². The summed E-state index contributed by atoms with van der Waals surface area (Å²) in [6, 6.07) is 11.3. The maximum atomic E-state index is 11.4. The van der Waals surface area contributed by atoms with Crippen LogP contribution in [0.25, 0.3) is 0 Å². The highest BCUT2D eigenvalue weighted by Crippen LogP contribution is 2.42. The number of likely N-dealkylation sites (tertiary alicyclic amines) is 1. The lowest BCUT2D eigenvalue weighted by Crippen LogP contribution is -2.39. The van der Waals surface area contributed by atoms with Gasteiger partial charge in [-0.3, -0.25) is 9.69 Å². The fourth-order valence-corrected chi connectivity index (χ4v) is 4.03. The maximum absolute atomic E-state index is 11.4. The van der Waals surface area contributed by atoms with Crippen molar-refractivity contribution in [2.24, 2.45) is 5.92 Å². The Hall–Kier alpha value is -2.44. The van der Waals surface area contributed by atoms with E-state index in [0.29, 0.717) is 48.2 Å². The summed E-state index contributed by atoms with van der Waals surface area (Å²) < 4.78 is 16.6. The van der Waals surface area contributed by atoms with Crippen LogP contribution >= 0.6 is 11.6 Å². The Labute approximate surface area is 175 Å². The van der Waals surface area contributed by atoms with E-state index >= 15 is 0 Å². The molecule has 1 unspecified atom stereocenters. The Bertz CT molecular complexity index is 847. The normalized spacial score (nSPS) is 16.3. The van der Waals surface area contributed by atoms with Crippen LogP contribution in [0.5, 0.6) is 17.2 Å². The van der Waals surface area contributed by atoms with Crippen molar-refractivity contribution in [2.75, 3.05) is 34.4 Å². The highest BCUT2D eigenvalue weighted by Gasteiger charge is 2.32. The van der Waals surface area contributed by atoms with E-state index in [1.54, 1.807) is 21.3 Å². The van der Waals surface area contributed by atoms with Gasteiger partial charge in [-0.05, 0) is 49.7 Å². The van der Waals surface area contributed by atoms with Crippen molar-refractivity contribution in [1.29, 1.82) is 0 Å². The van der Waals surface area contributed by atoms with E-state index < -0.39 is 5.97 Å². The van der Waals surface area contributed by atoms with Crippen LogP contribution in [-0.2, 0) is 4.79 Å². The van der Waals surface area contributed by atoms with Gasteiger partial charge in [0.25, 0.3) is 0 Å². The molecule has 7 heteroatoms. The van der Waals surface area contributed by atoms with Crippen LogP contribution in [0.3, 0.4) is 0 Å². The van der Waals surface area contributed by atoms with Gasteiger partial charge in [0.2, 0.25) is 0 Å². The third kappa shape index (κ3) is 4.60. The van der Waals surface area contributed by atoms with Gasteiger partial charge >= 0.3 is 5.97 Å². The van der Waals surface area contributed by atoms with Crippen LogP contribution in [-0.4, -0.2) is 50.4 Å². The molecule has 1 N–H and O–H groups in total. The minimum Gasteiger partial charge on any atom is -0.496 e. The van der Waals surface area contributed by atoms with E-state index in [9.17, 15) is 9.90 Å². The predicted molar refractivity (Wildman–Crippen MR) is 111 cm³/mol. The lowest BCUT2D eigenvalue weighted by Gasteiger charge is -2.37. The zero-order valence-corrected chi connectivity index (χ0v) is 17.6. The van der Waals surface area contributed by atoms with E-state index in [1.807, 2.05) is 36.4 Å². The molecule has 2 aromatic carbocycles. The largest absolute Gasteiger partial charge is 0.496 e. The number of carbonyl (C=O) groups is 1. The lowest BCUT2D eigenvalue weighted by atomic mass is 9.90. The fourth-order valence-electron chi connectivity index (χ4n) is 3.90. The van der Waals surface area contributed by atoms with E-state index in [1.165, 1.54) is 0 Å². The van der Waals surface area contributed by atoms with Crippen molar-refractivity contribution in [1.82, 2.24) is 4.90 Å². The monoisotopic (exact) mass is 419 g/mol. The van der Waals surface area contributed by atoms with Crippen molar-refractivity contribution < 1.29 is 24.1 Å². The second-order valence-electron chi connectivity index (χ2n) is 7.05. The first kappa shape index (κ1) is 21.3. The highest BCUT2D eigenvalue weighted by atomic mass is 35.5. The summed E-state index contributed by atoms with van der Waals surface area (Å²) in [6.45, 7) is 1.34. The topological polar surface area (TPSA) is 68.2 Å². The van der Waals surface area contributed by atoms with Gasteiger partial charge in [-0.2, -0.15) is 0 Å². The molecule has 0 bridgehead atoms. The maximum Gasteiger partial charge on any atom is 0.306 e. The van der Waals surface area contributed by atoms with Gasteiger partial charge < -0.3 is 19.3 Å². The Kier molecular flexibility index (Phi) is 6.87. The molecule has 156 valence electrons. The summed E-state index contributed by atoms with van der Waals surface area (Å²) in [6.07, 6.45) is 1.21. The SMILES string of the molecule is COc1cc(OC)c(C(c2ccc(Cl)cc2)N2CCC(C(=O)O)CC2)cc1OC. The molecule has 1 aliphatic heterocycles. The molecular weight excluding hydrogens is 394 g/mol. The average molecular weight is 420 g/mol. The van der Waals surface area contributed by atoms with Crippen molar-refractivity contribution in [3.8, 4) is 17.2 Å². The van der Waals surface area contributed by atoms with Gasteiger partial charge in [-0.1, -0.05) is 23.7 Å². The van der Waals surface area contributed by atoms with Crippen molar-refractivity contribution in [3.63, 3.8) is 0 Å². The fraction of sp³-hybridized carbons (Fsp3) is 0.409. The molecule has 1 heterocycles. The summed E-state index contributed by atoms with van der Waals surface area (Å²) >= 11 is 6.11. The van der Waals surface area contributed by atoms with Crippen LogP contribution in [0, 0.1) is 5.92 Å². The minimum absolute atomic E-state index is 0.128. The number of methoxy groups -OCH3 is 3. The van der Waals surface area contributed by atoms with Crippen molar-refractivity contribution >= 4 is 17.6 Å². The number of carboxylic acids is 1. The molecule has 0 saturated carbocycles. The summed E-state index contributed by atoms with van der Waals surface area (Å²) in [4.78, 5) is 13.7.